The highest BCUT2D eigenvalue weighted by Gasteiger charge is 2.00. The van der Waals surface area contributed by atoms with Gasteiger partial charge in [0.25, 0.3) is 0 Å². The second kappa shape index (κ2) is 6.30. The molecule has 0 aliphatic rings. The number of aliphatic hydroxyl groups is 1. The van der Waals surface area contributed by atoms with Crippen LogP contribution in [0.3, 0.4) is 0 Å². The van der Waals surface area contributed by atoms with Crippen LogP contribution in [0.2, 0.25) is 5.02 Å². The van der Waals surface area contributed by atoms with Crippen LogP contribution < -0.4 is 5.73 Å². The highest BCUT2D eigenvalue weighted by molar-refractivity contribution is 7.99. The number of aliphatic hydroxyl groups excluding tert-OH is 1. The van der Waals surface area contributed by atoms with E-state index < -0.39 is 0 Å². The zero-order valence-corrected chi connectivity index (χ0v) is 9.39. The normalized spacial score (nSPS) is 12.8. The Morgan fingerprint density at radius 2 is 2.00 bits per heavy atom. The van der Waals surface area contributed by atoms with E-state index in [1.54, 1.807) is 11.8 Å². The van der Waals surface area contributed by atoms with E-state index in [4.69, 9.17) is 22.4 Å². The lowest BCUT2D eigenvalue weighted by Gasteiger charge is -2.06. The molecule has 3 N–H and O–H groups in total. The van der Waals surface area contributed by atoms with Gasteiger partial charge in [0.1, 0.15) is 0 Å². The van der Waals surface area contributed by atoms with E-state index >= 15 is 0 Å². The van der Waals surface area contributed by atoms with Crippen LogP contribution in [0.4, 0.5) is 0 Å². The molecule has 0 radical (unpaired) electrons. The van der Waals surface area contributed by atoms with Gasteiger partial charge < -0.3 is 10.8 Å². The third-order valence-corrected chi connectivity index (χ3v) is 3.10. The number of hydrogen-bond donors (Lipinski definition) is 2. The molecule has 2 nitrogen and oxygen atoms in total. The minimum Gasteiger partial charge on any atom is -0.395 e. The van der Waals surface area contributed by atoms with Crippen molar-refractivity contribution in [3.63, 3.8) is 0 Å². The molecule has 0 aromatic heterocycles. The van der Waals surface area contributed by atoms with Gasteiger partial charge in [-0.1, -0.05) is 11.6 Å². The largest absolute Gasteiger partial charge is 0.395 e. The van der Waals surface area contributed by atoms with Gasteiger partial charge in [-0.3, -0.25) is 0 Å². The molecule has 1 aromatic carbocycles. The van der Waals surface area contributed by atoms with Crippen molar-refractivity contribution < 1.29 is 5.11 Å². The number of rotatable bonds is 5. The molecule has 0 aliphatic heterocycles. The maximum absolute atomic E-state index is 8.72. The van der Waals surface area contributed by atoms with Crippen molar-refractivity contribution in [2.45, 2.75) is 17.4 Å². The Balaban J connectivity index is 2.28. The number of nitrogens with two attached hydrogens (primary N) is 1. The summed E-state index contributed by atoms with van der Waals surface area (Å²) in [5.74, 6) is 0.920. The average molecular weight is 232 g/mol. The van der Waals surface area contributed by atoms with Gasteiger partial charge in [0, 0.05) is 16.0 Å². The minimum atomic E-state index is -0.102. The molecule has 78 valence electrons. The van der Waals surface area contributed by atoms with Crippen molar-refractivity contribution in [3.05, 3.63) is 29.3 Å². The summed E-state index contributed by atoms with van der Waals surface area (Å²) in [6, 6.07) is 7.61. The van der Waals surface area contributed by atoms with E-state index in [1.807, 2.05) is 24.3 Å². The van der Waals surface area contributed by atoms with E-state index in [2.05, 4.69) is 0 Å². The number of hydrogen-bond acceptors (Lipinski definition) is 3. The predicted molar refractivity (Wildman–Crippen MR) is 61.9 cm³/mol. The molecule has 1 aromatic rings. The van der Waals surface area contributed by atoms with Crippen LogP contribution >= 0.6 is 23.4 Å². The summed E-state index contributed by atoms with van der Waals surface area (Å²) in [6.07, 6.45) is 0.823. The smallest absolute Gasteiger partial charge is 0.0582 e. The van der Waals surface area contributed by atoms with Gasteiger partial charge in [0.05, 0.1) is 6.61 Å². The predicted octanol–water partition coefficient (Wildman–Crippen LogP) is 2.14. The van der Waals surface area contributed by atoms with E-state index in [1.165, 1.54) is 4.90 Å². The molecule has 0 spiro atoms. The van der Waals surface area contributed by atoms with Gasteiger partial charge in [0.2, 0.25) is 0 Å². The number of halogens is 1. The summed E-state index contributed by atoms with van der Waals surface area (Å²) in [4.78, 5) is 1.18. The lowest BCUT2D eigenvalue weighted by molar-refractivity contribution is 0.264. The van der Waals surface area contributed by atoms with Crippen LogP contribution in [0.15, 0.2) is 29.2 Å². The topological polar surface area (TPSA) is 46.2 Å². The summed E-state index contributed by atoms with van der Waals surface area (Å²) >= 11 is 7.48. The molecule has 1 atom stereocenters. The van der Waals surface area contributed by atoms with Crippen LogP contribution in [-0.4, -0.2) is 23.5 Å². The lowest BCUT2D eigenvalue weighted by atomic mass is 10.3. The van der Waals surface area contributed by atoms with Gasteiger partial charge >= 0.3 is 0 Å². The third kappa shape index (κ3) is 4.33. The number of thioether (sulfide) groups is 1. The van der Waals surface area contributed by atoms with Crippen molar-refractivity contribution >= 4 is 23.4 Å². The van der Waals surface area contributed by atoms with E-state index in [0.29, 0.717) is 0 Å². The van der Waals surface area contributed by atoms with E-state index in [0.717, 1.165) is 17.2 Å². The Morgan fingerprint density at radius 1 is 1.36 bits per heavy atom. The fourth-order valence-electron chi connectivity index (χ4n) is 0.950. The molecule has 0 aliphatic carbocycles. The standard InChI is InChI=1S/C10H14ClNOS/c11-8-1-3-10(4-2-8)14-6-5-9(12)7-13/h1-4,9,13H,5-7,12H2. The molecule has 0 saturated heterocycles. The summed E-state index contributed by atoms with van der Waals surface area (Å²) in [6.45, 7) is 0.0567. The van der Waals surface area contributed by atoms with Crippen molar-refractivity contribution in [3.8, 4) is 0 Å². The molecular weight excluding hydrogens is 218 g/mol. The first-order valence-corrected chi connectivity index (χ1v) is 5.83. The molecular formula is C10H14ClNOS. The maximum atomic E-state index is 8.72. The Morgan fingerprint density at radius 3 is 2.57 bits per heavy atom. The van der Waals surface area contributed by atoms with Gasteiger partial charge in [-0.25, -0.2) is 0 Å². The molecule has 0 amide bonds. The minimum absolute atomic E-state index is 0.0567. The zero-order chi connectivity index (χ0) is 10.4. The fraction of sp³-hybridized carbons (Fsp3) is 0.400. The van der Waals surface area contributed by atoms with Crippen molar-refractivity contribution in [2.24, 2.45) is 5.73 Å². The summed E-state index contributed by atoms with van der Waals surface area (Å²) in [5, 5.41) is 9.47. The monoisotopic (exact) mass is 231 g/mol. The molecule has 1 rings (SSSR count). The first kappa shape index (κ1) is 11.9. The Bertz CT molecular complexity index is 265. The zero-order valence-electron chi connectivity index (χ0n) is 7.82. The van der Waals surface area contributed by atoms with E-state index in [-0.39, 0.29) is 12.6 Å². The van der Waals surface area contributed by atoms with Gasteiger partial charge in [-0.15, -0.1) is 11.8 Å². The Kier molecular flexibility index (Phi) is 5.33. The first-order chi connectivity index (χ1) is 6.72. The first-order valence-electron chi connectivity index (χ1n) is 4.47. The van der Waals surface area contributed by atoms with Gasteiger partial charge in [-0.2, -0.15) is 0 Å². The molecule has 0 saturated carbocycles. The highest BCUT2D eigenvalue weighted by atomic mass is 35.5. The van der Waals surface area contributed by atoms with Crippen LogP contribution in [0.5, 0.6) is 0 Å². The molecule has 0 fully saturated rings. The van der Waals surface area contributed by atoms with Crippen molar-refractivity contribution in [1.29, 1.82) is 0 Å². The van der Waals surface area contributed by atoms with Crippen molar-refractivity contribution in [1.82, 2.24) is 0 Å². The van der Waals surface area contributed by atoms with Crippen LogP contribution in [0.25, 0.3) is 0 Å². The van der Waals surface area contributed by atoms with Crippen LogP contribution in [0, 0.1) is 0 Å². The summed E-state index contributed by atoms with van der Waals surface area (Å²) < 4.78 is 0. The molecule has 14 heavy (non-hydrogen) atoms. The lowest BCUT2D eigenvalue weighted by Crippen LogP contribution is -2.24. The van der Waals surface area contributed by atoms with Crippen LogP contribution in [0.1, 0.15) is 6.42 Å². The van der Waals surface area contributed by atoms with Crippen molar-refractivity contribution in [2.75, 3.05) is 12.4 Å². The second-order valence-corrected chi connectivity index (χ2v) is 4.64. The Hall–Kier alpha value is -0.220. The third-order valence-electron chi connectivity index (χ3n) is 1.81. The quantitative estimate of drug-likeness (QED) is 0.764. The fourth-order valence-corrected chi connectivity index (χ4v) is 2.06. The van der Waals surface area contributed by atoms with Gasteiger partial charge in [0.15, 0.2) is 0 Å². The van der Waals surface area contributed by atoms with Gasteiger partial charge in [-0.05, 0) is 36.4 Å². The number of benzene rings is 1. The second-order valence-electron chi connectivity index (χ2n) is 3.03. The highest BCUT2D eigenvalue weighted by Crippen LogP contribution is 2.21. The SMILES string of the molecule is NC(CO)CCSc1ccc(Cl)cc1. The molecule has 0 bridgehead atoms. The molecule has 4 heteroatoms. The summed E-state index contributed by atoms with van der Waals surface area (Å²) in [5.41, 5.74) is 5.58. The molecule has 1 unspecified atom stereocenters. The maximum Gasteiger partial charge on any atom is 0.0582 e. The average Bonchev–Trinajstić information content (AvgIpc) is 2.21. The van der Waals surface area contributed by atoms with E-state index in [9.17, 15) is 0 Å². The summed E-state index contributed by atoms with van der Waals surface area (Å²) in [7, 11) is 0. The molecule has 0 heterocycles. The Labute approximate surface area is 93.5 Å². The van der Waals surface area contributed by atoms with Crippen LogP contribution in [-0.2, 0) is 0 Å².